The Kier molecular flexibility index (Phi) is 2.61. The van der Waals surface area contributed by atoms with E-state index >= 15 is 0 Å². The summed E-state index contributed by atoms with van der Waals surface area (Å²) in [5, 5.41) is 0.670. The molecule has 1 aliphatic heterocycles. The number of benzene rings is 1. The van der Waals surface area contributed by atoms with Crippen molar-refractivity contribution in [2.45, 2.75) is 17.7 Å². The molecule has 1 aliphatic rings. The van der Waals surface area contributed by atoms with Crippen molar-refractivity contribution in [3.8, 4) is 0 Å². The lowest BCUT2D eigenvalue weighted by Gasteiger charge is -2.16. The van der Waals surface area contributed by atoms with E-state index in [1.54, 1.807) is 17.8 Å². The lowest BCUT2D eigenvalue weighted by atomic mass is 10.1. The predicted octanol–water partition coefficient (Wildman–Crippen LogP) is 3.19. The molecule has 0 radical (unpaired) electrons. The second-order valence-electron chi connectivity index (χ2n) is 3.05. The normalized spacial score (nSPS) is 15.2. The molecule has 0 unspecified atom stereocenters. The molecular formula is C10H9ClOS. The summed E-state index contributed by atoms with van der Waals surface area (Å²) in [7, 11) is 0. The van der Waals surface area contributed by atoms with Crippen LogP contribution in [0, 0.1) is 0 Å². The van der Waals surface area contributed by atoms with Crippen LogP contribution in [0.15, 0.2) is 17.0 Å². The number of carbonyl (C=O) groups excluding carboxylic acids is 1. The van der Waals surface area contributed by atoms with E-state index in [4.69, 9.17) is 11.6 Å². The van der Waals surface area contributed by atoms with Gasteiger partial charge >= 0.3 is 0 Å². The van der Waals surface area contributed by atoms with Gasteiger partial charge in [0.1, 0.15) is 0 Å². The van der Waals surface area contributed by atoms with Crippen LogP contribution in [-0.4, -0.2) is 12.0 Å². The summed E-state index contributed by atoms with van der Waals surface area (Å²) in [6, 6.07) is 3.71. The second-order valence-corrected chi connectivity index (χ2v) is 4.59. The molecule has 0 saturated heterocycles. The monoisotopic (exact) mass is 212 g/mol. The molecule has 3 heteroatoms. The molecule has 13 heavy (non-hydrogen) atoms. The van der Waals surface area contributed by atoms with Gasteiger partial charge in [-0.25, -0.2) is 0 Å². The number of thioether (sulfide) groups is 1. The number of hydrogen-bond donors (Lipinski definition) is 0. The molecule has 1 heterocycles. The van der Waals surface area contributed by atoms with Crippen molar-refractivity contribution in [3.63, 3.8) is 0 Å². The highest BCUT2D eigenvalue weighted by Crippen LogP contribution is 2.34. The number of halogens is 1. The quantitative estimate of drug-likeness (QED) is 0.666. The second kappa shape index (κ2) is 3.72. The Hall–Kier alpha value is -0.470. The van der Waals surface area contributed by atoms with Gasteiger partial charge in [-0.05, 0) is 36.3 Å². The zero-order valence-electron chi connectivity index (χ0n) is 7.05. The smallest absolute Gasteiger partial charge is 0.151 e. The van der Waals surface area contributed by atoms with Gasteiger partial charge in [0.25, 0.3) is 0 Å². The molecule has 0 N–H and O–H groups in total. The van der Waals surface area contributed by atoms with E-state index < -0.39 is 0 Å². The SMILES string of the molecule is O=Cc1cc(Cl)cc2c1SCCC2. The van der Waals surface area contributed by atoms with E-state index in [1.165, 1.54) is 12.0 Å². The predicted molar refractivity (Wildman–Crippen MR) is 55.9 cm³/mol. The highest BCUT2D eigenvalue weighted by molar-refractivity contribution is 7.99. The highest BCUT2D eigenvalue weighted by Gasteiger charge is 2.14. The average molecular weight is 213 g/mol. The van der Waals surface area contributed by atoms with Crippen LogP contribution in [0.4, 0.5) is 0 Å². The van der Waals surface area contributed by atoms with Crippen LogP contribution in [0.3, 0.4) is 0 Å². The Bertz CT molecular complexity index is 349. The third-order valence-corrected chi connectivity index (χ3v) is 3.62. The van der Waals surface area contributed by atoms with E-state index in [1.807, 2.05) is 6.07 Å². The van der Waals surface area contributed by atoms with Gasteiger partial charge in [-0.3, -0.25) is 4.79 Å². The number of aryl methyl sites for hydroxylation is 1. The maximum Gasteiger partial charge on any atom is 0.151 e. The van der Waals surface area contributed by atoms with E-state index in [0.717, 1.165) is 28.9 Å². The summed E-state index contributed by atoms with van der Waals surface area (Å²) in [5.41, 5.74) is 1.97. The lowest BCUT2D eigenvalue weighted by molar-refractivity contribution is 0.112. The number of aldehydes is 1. The van der Waals surface area contributed by atoms with Crippen molar-refractivity contribution in [3.05, 3.63) is 28.3 Å². The van der Waals surface area contributed by atoms with Crippen molar-refractivity contribution in [1.82, 2.24) is 0 Å². The first-order valence-corrected chi connectivity index (χ1v) is 5.58. The molecule has 0 fully saturated rings. The molecule has 0 amide bonds. The van der Waals surface area contributed by atoms with E-state index in [9.17, 15) is 4.79 Å². The maximum absolute atomic E-state index is 10.8. The Labute approximate surface area is 86.5 Å². The molecule has 1 aromatic rings. The van der Waals surface area contributed by atoms with Crippen LogP contribution >= 0.6 is 23.4 Å². The zero-order valence-corrected chi connectivity index (χ0v) is 8.62. The number of rotatable bonds is 1. The van der Waals surface area contributed by atoms with Crippen LogP contribution < -0.4 is 0 Å². The van der Waals surface area contributed by atoms with Crippen molar-refractivity contribution in [1.29, 1.82) is 0 Å². The molecule has 68 valence electrons. The van der Waals surface area contributed by atoms with Gasteiger partial charge in [-0.1, -0.05) is 11.6 Å². The molecule has 1 aromatic carbocycles. The van der Waals surface area contributed by atoms with Gasteiger partial charge in [-0.15, -0.1) is 11.8 Å². The van der Waals surface area contributed by atoms with Crippen LogP contribution in [0.5, 0.6) is 0 Å². The summed E-state index contributed by atoms with van der Waals surface area (Å²) in [6.07, 6.45) is 3.11. The summed E-state index contributed by atoms with van der Waals surface area (Å²) in [5.74, 6) is 1.11. The molecule has 0 spiro atoms. The Morgan fingerprint density at radius 1 is 1.46 bits per heavy atom. The van der Waals surface area contributed by atoms with Crippen LogP contribution in [-0.2, 0) is 6.42 Å². The summed E-state index contributed by atoms with van der Waals surface area (Å²) >= 11 is 7.65. The molecule has 0 bridgehead atoms. The average Bonchev–Trinajstić information content (AvgIpc) is 2.16. The highest BCUT2D eigenvalue weighted by atomic mass is 35.5. The Morgan fingerprint density at radius 3 is 3.08 bits per heavy atom. The first-order valence-electron chi connectivity index (χ1n) is 4.21. The Morgan fingerprint density at radius 2 is 2.31 bits per heavy atom. The van der Waals surface area contributed by atoms with Crippen molar-refractivity contribution >= 4 is 29.6 Å². The summed E-state index contributed by atoms with van der Waals surface area (Å²) in [4.78, 5) is 11.9. The van der Waals surface area contributed by atoms with Gasteiger partial charge < -0.3 is 0 Å². The summed E-state index contributed by atoms with van der Waals surface area (Å²) in [6.45, 7) is 0. The molecule has 0 aliphatic carbocycles. The van der Waals surface area contributed by atoms with Crippen LogP contribution in [0.25, 0.3) is 0 Å². The van der Waals surface area contributed by atoms with Crippen molar-refractivity contribution < 1.29 is 4.79 Å². The molecule has 1 nitrogen and oxygen atoms in total. The van der Waals surface area contributed by atoms with Gasteiger partial charge in [0.05, 0.1) is 0 Å². The molecule has 2 rings (SSSR count). The third kappa shape index (κ3) is 1.74. The Balaban J connectivity index is 2.56. The third-order valence-electron chi connectivity index (χ3n) is 2.12. The van der Waals surface area contributed by atoms with E-state index in [-0.39, 0.29) is 0 Å². The maximum atomic E-state index is 10.8. The minimum atomic E-state index is 0.670. The molecule has 0 saturated carbocycles. The largest absolute Gasteiger partial charge is 0.298 e. The number of fused-ring (bicyclic) bond motifs is 1. The minimum absolute atomic E-state index is 0.670. The topological polar surface area (TPSA) is 17.1 Å². The molecular weight excluding hydrogens is 204 g/mol. The van der Waals surface area contributed by atoms with Gasteiger partial charge in [0.15, 0.2) is 6.29 Å². The van der Waals surface area contributed by atoms with Crippen molar-refractivity contribution in [2.75, 3.05) is 5.75 Å². The number of hydrogen-bond acceptors (Lipinski definition) is 2. The van der Waals surface area contributed by atoms with Crippen LogP contribution in [0.1, 0.15) is 22.3 Å². The number of carbonyl (C=O) groups is 1. The molecule has 0 atom stereocenters. The fraction of sp³-hybridized carbons (Fsp3) is 0.300. The summed E-state index contributed by atoms with van der Waals surface area (Å²) < 4.78 is 0. The standard InChI is InChI=1S/C10H9ClOS/c11-9-4-7-2-1-3-13-10(7)8(5-9)6-12/h4-6H,1-3H2. The molecule has 0 aromatic heterocycles. The van der Waals surface area contributed by atoms with Crippen molar-refractivity contribution in [2.24, 2.45) is 0 Å². The lowest BCUT2D eigenvalue weighted by Crippen LogP contribution is -2.01. The van der Waals surface area contributed by atoms with E-state index in [2.05, 4.69) is 0 Å². The minimum Gasteiger partial charge on any atom is -0.298 e. The van der Waals surface area contributed by atoms with Gasteiger partial charge in [-0.2, -0.15) is 0 Å². The first-order chi connectivity index (χ1) is 6.31. The van der Waals surface area contributed by atoms with Crippen LogP contribution in [0.2, 0.25) is 5.02 Å². The van der Waals surface area contributed by atoms with Gasteiger partial charge in [0, 0.05) is 15.5 Å². The van der Waals surface area contributed by atoms with E-state index in [0.29, 0.717) is 5.02 Å². The fourth-order valence-corrected chi connectivity index (χ4v) is 2.92. The fourth-order valence-electron chi connectivity index (χ4n) is 1.56. The van der Waals surface area contributed by atoms with Gasteiger partial charge in [0.2, 0.25) is 0 Å². The first kappa shape index (κ1) is 9.10. The zero-order chi connectivity index (χ0) is 9.26.